The minimum absolute atomic E-state index is 0.979. The molecule has 0 aliphatic carbocycles. The maximum Gasteiger partial charge on any atom is 0.128 e. The van der Waals surface area contributed by atoms with Crippen LogP contribution in [0.15, 0.2) is 12.3 Å². The highest BCUT2D eigenvalue weighted by atomic mass is 14.9. The molecule has 2 heteroatoms. The van der Waals surface area contributed by atoms with Gasteiger partial charge in [-0.1, -0.05) is 27.2 Å². The summed E-state index contributed by atoms with van der Waals surface area (Å²) in [5, 5.41) is 0. The van der Waals surface area contributed by atoms with Gasteiger partial charge in [0, 0.05) is 18.3 Å². The quantitative estimate of drug-likeness (QED) is 0.714. The molecule has 0 bridgehead atoms. The van der Waals surface area contributed by atoms with Crippen molar-refractivity contribution in [3.63, 3.8) is 0 Å². The van der Waals surface area contributed by atoms with E-state index in [0.717, 1.165) is 17.9 Å². The summed E-state index contributed by atoms with van der Waals surface area (Å²) in [6, 6.07) is 1.93. The summed E-state index contributed by atoms with van der Waals surface area (Å²) in [6.45, 7) is 8.17. The summed E-state index contributed by atoms with van der Waals surface area (Å²) < 4.78 is 0. The number of rotatable bonds is 3. The van der Waals surface area contributed by atoms with E-state index in [1.54, 1.807) is 0 Å². The van der Waals surface area contributed by atoms with Gasteiger partial charge in [0.15, 0.2) is 0 Å². The second kappa shape index (κ2) is 7.71. The molecule has 0 saturated heterocycles. The third kappa shape index (κ3) is 5.34. The molecule has 0 aromatic carbocycles. The van der Waals surface area contributed by atoms with Crippen molar-refractivity contribution in [2.45, 2.75) is 47.0 Å². The first kappa shape index (κ1) is 12.1. The number of hydrogen-bond donors (Lipinski definition) is 0. The average Bonchev–Trinajstić information content (AvgIpc) is 2.18. The van der Waals surface area contributed by atoms with Gasteiger partial charge < -0.3 is 0 Å². The Labute approximate surface area is 81.4 Å². The first-order valence-electron chi connectivity index (χ1n) is 5.11. The minimum Gasteiger partial charge on any atom is -0.241 e. The normalized spacial score (nSPS) is 8.92. The number of nitrogens with zero attached hydrogens (tertiary/aromatic N) is 2. The Balaban J connectivity index is 0.000000671. The molecule has 0 saturated carbocycles. The molecule has 0 aliphatic rings. The van der Waals surface area contributed by atoms with E-state index in [1.165, 1.54) is 12.8 Å². The molecule has 0 amide bonds. The fourth-order valence-electron chi connectivity index (χ4n) is 0.956. The Morgan fingerprint density at radius 2 is 2.00 bits per heavy atom. The van der Waals surface area contributed by atoms with Gasteiger partial charge in [0.05, 0.1) is 0 Å². The van der Waals surface area contributed by atoms with Gasteiger partial charge in [-0.2, -0.15) is 0 Å². The van der Waals surface area contributed by atoms with E-state index in [4.69, 9.17) is 0 Å². The molecule has 0 N–H and O–H groups in total. The molecule has 0 atom stereocenters. The highest BCUT2D eigenvalue weighted by Crippen LogP contribution is 1.98. The second-order valence-electron chi connectivity index (χ2n) is 2.72. The standard InChI is InChI=1S/C9H14N2.C2H6/c1-3-4-5-9-10-7-6-8(2)11-9;1-2/h6-7H,3-5H2,1-2H3;1-2H3. The lowest BCUT2D eigenvalue weighted by Gasteiger charge is -1.97. The first-order valence-corrected chi connectivity index (χ1v) is 5.11. The largest absolute Gasteiger partial charge is 0.241 e. The predicted molar refractivity (Wildman–Crippen MR) is 56.7 cm³/mol. The monoisotopic (exact) mass is 180 g/mol. The van der Waals surface area contributed by atoms with E-state index < -0.39 is 0 Å². The predicted octanol–water partition coefficient (Wildman–Crippen LogP) is 3.15. The van der Waals surface area contributed by atoms with Crippen LogP contribution >= 0.6 is 0 Å². The fraction of sp³-hybridized carbons (Fsp3) is 0.636. The van der Waals surface area contributed by atoms with Crippen molar-refractivity contribution in [3.05, 3.63) is 23.8 Å². The molecule has 1 aromatic heterocycles. The van der Waals surface area contributed by atoms with Crippen molar-refractivity contribution in [3.8, 4) is 0 Å². The molecule has 13 heavy (non-hydrogen) atoms. The van der Waals surface area contributed by atoms with Gasteiger partial charge in [0.1, 0.15) is 5.82 Å². The first-order chi connectivity index (χ1) is 6.33. The molecule has 0 fully saturated rings. The molecule has 0 unspecified atom stereocenters. The van der Waals surface area contributed by atoms with Crippen molar-refractivity contribution < 1.29 is 0 Å². The highest BCUT2D eigenvalue weighted by Gasteiger charge is 1.94. The number of unbranched alkanes of at least 4 members (excludes halogenated alkanes) is 1. The van der Waals surface area contributed by atoms with Gasteiger partial charge in [-0.05, 0) is 19.4 Å². The van der Waals surface area contributed by atoms with E-state index >= 15 is 0 Å². The topological polar surface area (TPSA) is 25.8 Å². The fourth-order valence-corrected chi connectivity index (χ4v) is 0.956. The molecule has 0 aliphatic heterocycles. The molecule has 74 valence electrons. The summed E-state index contributed by atoms with van der Waals surface area (Å²) >= 11 is 0. The van der Waals surface area contributed by atoms with E-state index in [1.807, 2.05) is 33.0 Å². The second-order valence-corrected chi connectivity index (χ2v) is 2.72. The zero-order valence-electron chi connectivity index (χ0n) is 9.17. The SMILES string of the molecule is CC.CCCCc1nccc(C)n1. The van der Waals surface area contributed by atoms with Crippen LogP contribution in [0.5, 0.6) is 0 Å². The van der Waals surface area contributed by atoms with Crippen molar-refractivity contribution in [2.75, 3.05) is 0 Å². The third-order valence-corrected chi connectivity index (χ3v) is 1.60. The van der Waals surface area contributed by atoms with Crippen LogP contribution < -0.4 is 0 Å². The van der Waals surface area contributed by atoms with Crippen LogP contribution in [0.1, 0.15) is 45.1 Å². The molecule has 0 radical (unpaired) electrons. The molecule has 1 rings (SSSR count). The Hall–Kier alpha value is -0.920. The number of hydrogen-bond acceptors (Lipinski definition) is 2. The molecule has 1 aromatic rings. The van der Waals surface area contributed by atoms with Crippen molar-refractivity contribution >= 4 is 0 Å². The van der Waals surface area contributed by atoms with Crippen molar-refractivity contribution in [1.82, 2.24) is 9.97 Å². The molecule has 2 nitrogen and oxygen atoms in total. The minimum atomic E-state index is 0.979. The van der Waals surface area contributed by atoms with E-state index in [-0.39, 0.29) is 0 Å². The van der Waals surface area contributed by atoms with E-state index in [2.05, 4.69) is 16.9 Å². The van der Waals surface area contributed by atoms with Crippen LogP contribution in [0, 0.1) is 6.92 Å². The summed E-state index contributed by atoms with van der Waals surface area (Å²) in [5.41, 5.74) is 1.06. The average molecular weight is 180 g/mol. The van der Waals surface area contributed by atoms with Gasteiger partial charge in [0.2, 0.25) is 0 Å². The van der Waals surface area contributed by atoms with Gasteiger partial charge in [-0.15, -0.1) is 0 Å². The number of aromatic nitrogens is 2. The Kier molecular flexibility index (Phi) is 7.17. The van der Waals surface area contributed by atoms with Crippen molar-refractivity contribution in [2.24, 2.45) is 0 Å². The lowest BCUT2D eigenvalue weighted by Crippen LogP contribution is -1.95. The highest BCUT2D eigenvalue weighted by molar-refractivity contribution is 4.99. The maximum absolute atomic E-state index is 4.30. The van der Waals surface area contributed by atoms with Crippen LogP contribution in [0.2, 0.25) is 0 Å². The number of aryl methyl sites for hydroxylation is 2. The zero-order chi connectivity index (χ0) is 10.1. The Morgan fingerprint density at radius 1 is 1.31 bits per heavy atom. The summed E-state index contributed by atoms with van der Waals surface area (Å²) in [4.78, 5) is 8.47. The van der Waals surface area contributed by atoms with Gasteiger partial charge in [-0.3, -0.25) is 0 Å². The molecular weight excluding hydrogens is 160 g/mol. The lowest BCUT2D eigenvalue weighted by atomic mass is 10.2. The maximum atomic E-state index is 4.30. The summed E-state index contributed by atoms with van der Waals surface area (Å²) in [7, 11) is 0. The van der Waals surface area contributed by atoms with Crippen molar-refractivity contribution in [1.29, 1.82) is 0 Å². The van der Waals surface area contributed by atoms with Crippen LogP contribution in [-0.4, -0.2) is 9.97 Å². The summed E-state index contributed by atoms with van der Waals surface area (Å²) in [6.07, 6.45) is 5.23. The van der Waals surface area contributed by atoms with E-state index in [0.29, 0.717) is 0 Å². The Bertz CT molecular complexity index is 221. The molecule has 0 spiro atoms. The smallest absolute Gasteiger partial charge is 0.128 e. The lowest BCUT2D eigenvalue weighted by molar-refractivity contribution is 0.748. The molecule has 1 heterocycles. The van der Waals surface area contributed by atoms with Crippen LogP contribution in [0.25, 0.3) is 0 Å². The van der Waals surface area contributed by atoms with E-state index in [9.17, 15) is 0 Å². The zero-order valence-corrected chi connectivity index (χ0v) is 9.17. The van der Waals surface area contributed by atoms with Gasteiger partial charge in [-0.25, -0.2) is 9.97 Å². The van der Waals surface area contributed by atoms with Gasteiger partial charge in [0.25, 0.3) is 0 Å². The molecular formula is C11H20N2. The van der Waals surface area contributed by atoms with Gasteiger partial charge >= 0.3 is 0 Å². The van der Waals surface area contributed by atoms with Crippen LogP contribution in [0.3, 0.4) is 0 Å². The third-order valence-electron chi connectivity index (χ3n) is 1.60. The van der Waals surface area contributed by atoms with Crippen LogP contribution in [0.4, 0.5) is 0 Å². The Morgan fingerprint density at radius 3 is 2.54 bits per heavy atom. The van der Waals surface area contributed by atoms with Crippen LogP contribution in [-0.2, 0) is 6.42 Å². The summed E-state index contributed by atoms with van der Waals surface area (Å²) in [5.74, 6) is 0.979.